The quantitative estimate of drug-likeness (QED) is 0.326. The third-order valence-electron chi connectivity index (χ3n) is 3.49. The van der Waals surface area contributed by atoms with Gasteiger partial charge in [-0.2, -0.15) is 13.2 Å². The van der Waals surface area contributed by atoms with E-state index in [2.05, 4.69) is 6.92 Å². The van der Waals surface area contributed by atoms with Crippen molar-refractivity contribution >= 4 is 5.97 Å². The number of unbranched alkanes of at least 4 members (excludes halogenated alkanes) is 6. The second-order valence-electron chi connectivity index (χ2n) is 5.44. The van der Waals surface area contributed by atoms with Crippen molar-refractivity contribution in [1.29, 1.82) is 0 Å². The van der Waals surface area contributed by atoms with Gasteiger partial charge in [0, 0.05) is 0 Å². The highest BCUT2D eigenvalue weighted by Crippen LogP contribution is 2.32. The summed E-state index contributed by atoms with van der Waals surface area (Å²) in [6, 6.07) is 1.94. The zero-order valence-corrected chi connectivity index (χ0v) is 13.2. The van der Waals surface area contributed by atoms with Crippen molar-refractivity contribution < 1.29 is 27.1 Å². The van der Waals surface area contributed by atoms with Crippen LogP contribution in [0.25, 0.3) is 0 Å². The molecule has 0 bridgehead atoms. The monoisotopic (exact) mass is 334 g/mol. The lowest BCUT2D eigenvalue weighted by Gasteiger charge is -2.12. The fraction of sp³-hybridized carbons (Fsp3) is 0.588. The van der Waals surface area contributed by atoms with Crippen LogP contribution in [0.3, 0.4) is 0 Å². The van der Waals surface area contributed by atoms with Gasteiger partial charge in [0.05, 0.1) is 17.7 Å². The lowest BCUT2D eigenvalue weighted by Crippen LogP contribution is -2.16. The van der Waals surface area contributed by atoms with Gasteiger partial charge in [-0.1, -0.05) is 45.4 Å². The Morgan fingerprint density at radius 3 is 2.26 bits per heavy atom. The summed E-state index contributed by atoms with van der Waals surface area (Å²) in [5.41, 5.74) is -1.95. The summed E-state index contributed by atoms with van der Waals surface area (Å²) in [5, 5.41) is 0. The van der Waals surface area contributed by atoms with Crippen molar-refractivity contribution in [3.8, 4) is 0 Å². The maximum absolute atomic E-state index is 13.0. The van der Waals surface area contributed by atoms with Gasteiger partial charge in [-0.25, -0.2) is 9.18 Å². The summed E-state index contributed by atoms with van der Waals surface area (Å²) >= 11 is 0. The molecule has 1 aromatic carbocycles. The van der Waals surface area contributed by atoms with Gasteiger partial charge >= 0.3 is 12.1 Å². The Morgan fingerprint density at radius 2 is 1.65 bits per heavy atom. The number of benzene rings is 1. The molecule has 0 saturated heterocycles. The number of esters is 1. The molecule has 0 aliphatic heterocycles. The van der Waals surface area contributed by atoms with Gasteiger partial charge in [0.25, 0.3) is 0 Å². The molecule has 0 saturated carbocycles. The first-order chi connectivity index (χ1) is 10.9. The van der Waals surface area contributed by atoms with Gasteiger partial charge in [0.2, 0.25) is 0 Å². The molecule has 0 fully saturated rings. The minimum Gasteiger partial charge on any atom is -0.462 e. The molecule has 0 radical (unpaired) electrons. The molecule has 1 aromatic rings. The summed E-state index contributed by atoms with van der Waals surface area (Å²) in [6.45, 7) is 2.20. The normalized spacial score (nSPS) is 11.5. The minimum absolute atomic E-state index is 0.0707. The van der Waals surface area contributed by atoms with E-state index < -0.39 is 29.1 Å². The average Bonchev–Trinajstić information content (AvgIpc) is 2.48. The zero-order chi connectivity index (χ0) is 17.3. The second-order valence-corrected chi connectivity index (χ2v) is 5.44. The lowest BCUT2D eigenvalue weighted by atomic mass is 10.1. The van der Waals surface area contributed by atoms with Gasteiger partial charge in [0.1, 0.15) is 5.82 Å². The standard InChI is InChI=1S/C17H22F4O2/c1-2-3-4-5-6-7-8-11-23-16(22)14-10-9-13(18)12-15(14)17(19,20)21/h9-10,12H,2-8,11H2,1H3. The van der Waals surface area contributed by atoms with Crippen LogP contribution in [0.5, 0.6) is 0 Å². The predicted molar refractivity (Wildman–Crippen MR) is 79.7 cm³/mol. The number of hydrogen-bond acceptors (Lipinski definition) is 2. The molecule has 2 nitrogen and oxygen atoms in total. The number of alkyl halides is 3. The van der Waals surface area contributed by atoms with E-state index in [4.69, 9.17) is 4.74 Å². The molecule has 0 N–H and O–H groups in total. The SMILES string of the molecule is CCCCCCCCCOC(=O)c1ccc(F)cc1C(F)(F)F. The minimum atomic E-state index is -4.80. The van der Waals surface area contributed by atoms with E-state index in [-0.39, 0.29) is 6.61 Å². The molecular weight excluding hydrogens is 312 g/mol. The fourth-order valence-corrected chi connectivity index (χ4v) is 2.23. The number of carbonyl (C=O) groups is 1. The Hall–Kier alpha value is -1.59. The van der Waals surface area contributed by atoms with Gasteiger partial charge in [-0.05, 0) is 24.6 Å². The molecule has 0 atom stereocenters. The van der Waals surface area contributed by atoms with Crippen molar-refractivity contribution in [2.24, 2.45) is 0 Å². The highest BCUT2D eigenvalue weighted by molar-refractivity contribution is 5.91. The molecule has 0 aliphatic rings. The van der Waals surface area contributed by atoms with Crippen LogP contribution in [0.2, 0.25) is 0 Å². The van der Waals surface area contributed by atoms with Gasteiger partial charge in [0.15, 0.2) is 0 Å². The number of hydrogen-bond donors (Lipinski definition) is 0. The van der Waals surface area contributed by atoms with Crippen LogP contribution < -0.4 is 0 Å². The largest absolute Gasteiger partial charge is 0.462 e. The van der Waals surface area contributed by atoms with Gasteiger partial charge in [-0.15, -0.1) is 0 Å². The number of ether oxygens (including phenoxy) is 1. The van der Waals surface area contributed by atoms with Crippen LogP contribution in [0.15, 0.2) is 18.2 Å². The van der Waals surface area contributed by atoms with Crippen molar-refractivity contribution in [2.45, 2.75) is 58.0 Å². The van der Waals surface area contributed by atoms with Crippen LogP contribution >= 0.6 is 0 Å². The molecule has 1 rings (SSSR count). The van der Waals surface area contributed by atoms with Crippen LogP contribution in [0.4, 0.5) is 17.6 Å². The molecule has 0 aliphatic carbocycles. The lowest BCUT2D eigenvalue weighted by molar-refractivity contribution is -0.138. The molecule has 0 heterocycles. The van der Waals surface area contributed by atoms with E-state index in [1.54, 1.807) is 0 Å². The highest BCUT2D eigenvalue weighted by Gasteiger charge is 2.36. The Morgan fingerprint density at radius 1 is 1.04 bits per heavy atom. The topological polar surface area (TPSA) is 26.3 Å². The Balaban J connectivity index is 2.44. The first-order valence-corrected chi connectivity index (χ1v) is 7.90. The Kier molecular flexibility index (Phi) is 8.06. The van der Waals surface area contributed by atoms with Crippen molar-refractivity contribution in [3.05, 3.63) is 35.1 Å². The maximum Gasteiger partial charge on any atom is 0.417 e. The molecule has 130 valence electrons. The molecule has 0 aromatic heterocycles. The summed E-state index contributed by atoms with van der Waals surface area (Å²) in [6.07, 6.45) is 2.33. The van der Waals surface area contributed by atoms with Crippen molar-refractivity contribution in [1.82, 2.24) is 0 Å². The molecular formula is C17H22F4O2. The predicted octanol–water partition coefficient (Wildman–Crippen LogP) is 5.75. The van der Waals surface area contributed by atoms with Crippen LogP contribution in [-0.4, -0.2) is 12.6 Å². The highest BCUT2D eigenvalue weighted by atomic mass is 19.4. The number of carbonyl (C=O) groups excluding carboxylic acids is 1. The summed E-state index contributed by atoms with van der Waals surface area (Å²) in [5.74, 6) is -2.11. The molecule has 6 heteroatoms. The van der Waals surface area contributed by atoms with Crippen molar-refractivity contribution in [3.63, 3.8) is 0 Å². The average molecular weight is 334 g/mol. The molecule has 0 spiro atoms. The smallest absolute Gasteiger partial charge is 0.417 e. The Labute approximate surface area is 133 Å². The van der Waals surface area contributed by atoms with E-state index in [1.807, 2.05) is 0 Å². The number of halogens is 4. The van der Waals surface area contributed by atoms with E-state index in [0.29, 0.717) is 12.5 Å². The molecule has 0 unspecified atom stereocenters. The van der Waals surface area contributed by atoms with E-state index in [1.165, 1.54) is 12.8 Å². The zero-order valence-electron chi connectivity index (χ0n) is 13.2. The van der Waals surface area contributed by atoms with Crippen LogP contribution in [-0.2, 0) is 10.9 Å². The third-order valence-corrected chi connectivity index (χ3v) is 3.49. The Bertz CT molecular complexity index is 498. The second kappa shape index (κ2) is 9.53. The van der Waals surface area contributed by atoms with Gasteiger partial charge < -0.3 is 4.74 Å². The van der Waals surface area contributed by atoms with Gasteiger partial charge in [-0.3, -0.25) is 0 Å². The van der Waals surface area contributed by atoms with E-state index >= 15 is 0 Å². The van der Waals surface area contributed by atoms with Crippen LogP contribution in [0, 0.1) is 5.82 Å². The van der Waals surface area contributed by atoms with E-state index in [0.717, 1.165) is 37.8 Å². The first-order valence-electron chi connectivity index (χ1n) is 7.90. The summed E-state index contributed by atoms with van der Waals surface area (Å²) in [7, 11) is 0. The third kappa shape index (κ3) is 7.01. The first kappa shape index (κ1) is 19.5. The summed E-state index contributed by atoms with van der Waals surface area (Å²) in [4.78, 5) is 11.8. The fourth-order valence-electron chi connectivity index (χ4n) is 2.23. The van der Waals surface area contributed by atoms with E-state index in [9.17, 15) is 22.4 Å². The van der Waals surface area contributed by atoms with Crippen LogP contribution in [0.1, 0.15) is 67.8 Å². The molecule has 0 amide bonds. The summed E-state index contributed by atoms with van der Waals surface area (Å²) < 4.78 is 56.3. The number of rotatable bonds is 9. The molecule has 23 heavy (non-hydrogen) atoms. The van der Waals surface area contributed by atoms with Crippen molar-refractivity contribution in [2.75, 3.05) is 6.61 Å². The maximum atomic E-state index is 13.0.